The highest BCUT2D eigenvalue weighted by atomic mass is 16.5. The number of aliphatic hydroxyl groups excluding tert-OH is 2. The lowest BCUT2D eigenvalue weighted by Gasteiger charge is -2.63. The van der Waals surface area contributed by atoms with E-state index in [1.807, 2.05) is 4.90 Å². The summed E-state index contributed by atoms with van der Waals surface area (Å²) < 4.78 is 6.91. The Bertz CT molecular complexity index is 1020. The molecule has 0 bridgehead atoms. The number of ether oxygens (including phenoxy) is 1. The van der Waals surface area contributed by atoms with E-state index >= 15 is 0 Å². The first-order valence-corrected chi connectivity index (χ1v) is 16.2. The number of aliphatic hydroxyl groups is 2. The first-order valence-electron chi connectivity index (χ1n) is 16.2. The molecule has 1 saturated heterocycles. The molecular formula is C34H57NO4. The summed E-state index contributed by atoms with van der Waals surface area (Å²) in [6.07, 6.45) is 8.35. The molecule has 222 valence electrons. The second kappa shape index (κ2) is 8.47. The highest BCUT2D eigenvalue weighted by Crippen LogP contribution is 2.89. The smallest absolute Gasteiger partial charge is 0.219 e. The number of fused-ring (bicyclic) bond motifs is 4. The molecule has 0 aromatic carbocycles. The molecule has 5 saturated carbocycles. The van der Waals surface area contributed by atoms with Crippen LogP contribution in [0.15, 0.2) is 0 Å². The molecule has 0 aromatic rings. The number of hydrogen-bond donors (Lipinski definition) is 2. The van der Waals surface area contributed by atoms with Crippen molar-refractivity contribution >= 4 is 5.91 Å². The van der Waals surface area contributed by atoms with Gasteiger partial charge < -0.3 is 19.8 Å². The molecule has 5 nitrogen and oxygen atoms in total. The van der Waals surface area contributed by atoms with Gasteiger partial charge >= 0.3 is 0 Å². The second-order valence-corrected chi connectivity index (χ2v) is 17.6. The van der Waals surface area contributed by atoms with Crippen molar-refractivity contribution in [1.29, 1.82) is 0 Å². The zero-order valence-electron chi connectivity index (χ0n) is 26.3. The molecule has 4 unspecified atom stereocenters. The van der Waals surface area contributed by atoms with Gasteiger partial charge in [0.25, 0.3) is 0 Å². The number of carbonyl (C=O) groups excluding carboxylic acids is 1. The fraction of sp³-hybridized carbons (Fsp3) is 0.971. The minimum atomic E-state index is -0.468. The highest BCUT2D eigenvalue weighted by Gasteiger charge is 2.84. The van der Waals surface area contributed by atoms with Crippen molar-refractivity contribution in [2.45, 2.75) is 138 Å². The van der Waals surface area contributed by atoms with E-state index in [4.69, 9.17) is 4.74 Å². The van der Waals surface area contributed by atoms with Gasteiger partial charge in [0, 0.05) is 25.4 Å². The Balaban J connectivity index is 1.29. The maximum absolute atomic E-state index is 12.6. The van der Waals surface area contributed by atoms with Crippen molar-refractivity contribution < 1.29 is 19.7 Å². The van der Waals surface area contributed by atoms with Crippen molar-refractivity contribution in [2.24, 2.45) is 56.2 Å². The molecule has 2 N–H and O–H groups in total. The van der Waals surface area contributed by atoms with Gasteiger partial charge in [-0.3, -0.25) is 4.79 Å². The van der Waals surface area contributed by atoms with Crippen LogP contribution in [0.5, 0.6) is 0 Å². The molecule has 2 spiro atoms. The number of carbonyl (C=O) groups is 1. The lowest BCUT2D eigenvalue weighted by molar-refractivity contribution is -0.182. The van der Waals surface area contributed by atoms with Crippen molar-refractivity contribution in [3.8, 4) is 0 Å². The molecule has 39 heavy (non-hydrogen) atoms. The van der Waals surface area contributed by atoms with Gasteiger partial charge in [-0.05, 0) is 102 Å². The van der Waals surface area contributed by atoms with E-state index in [0.717, 1.165) is 25.8 Å². The van der Waals surface area contributed by atoms with Gasteiger partial charge in [-0.15, -0.1) is 0 Å². The van der Waals surface area contributed by atoms with E-state index in [9.17, 15) is 15.0 Å². The third-order valence-electron chi connectivity index (χ3n) is 14.4. The first kappa shape index (κ1) is 28.5. The first-order chi connectivity index (χ1) is 17.9. The van der Waals surface area contributed by atoms with Crippen molar-refractivity contribution in [1.82, 2.24) is 4.90 Å². The quantitative estimate of drug-likeness (QED) is 0.454. The maximum atomic E-state index is 12.6. The average Bonchev–Trinajstić information content (AvgIpc) is 3.45. The molecule has 12 atom stereocenters. The molecule has 1 heterocycles. The predicted octanol–water partition coefficient (Wildman–Crippen LogP) is 6.06. The van der Waals surface area contributed by atoms with Crippen molar-refractivity contribution in [3.63, 3.8) is 0 Å². The minimum absolute atomic E-state index is 0.0167. The maximum Gasteiger partial charge on any atom is 0.219 e. The van der Waals surface area contributed by atoms with Crippen molar-refractivity contribution in [2.75, 3.05) is 13.1 Å². The molecule has 0 aromatic heterocycles. The number of amides is 1. The van der Waals surface area contributed by atoms with Gasteiger partial charge in [0.2, 0.25) is 5.91 Å². The van der Waals surface area contributed by atoms with Crippen LogP contribution >= 0.6 is 0 Å². The number of rotatable bonds is 3. The summed E-state index contributed by atoms with van der Waals surface area (Å²) >= 11 is 0. The zero-order chi connectivity index (χ0) is 28.6. The Morgan fingerprint density at radius 2 is 1.62 bits per heavy atom. The monoisotopic (exact) mass is 543 g/mol. The van der Waals surface area contributed by atoms with Crippen LogP contribution in [-0.2, 0) is 9.53 Å². The largest absolute Gasteiger partial charge is 0.393 e. The van der Waals surface area contributed by atoms with E-state index in [1.54, 1.807) is 6.92 Å². The van der Waals surface area contributed by atoms with Gasteiger partial charge in [0.1, 0.15) is 0 Å². The van der Waals surface area contributed by atoms with Crippen LogP contribution < -0.4 is 0 Å². The normalized spacial score (nSPS) is 53.5. The summed E-state index contributed by atoms with van der Waals surface area (Å²) in [7, 11) is 0. The van der Waals surface area contributed by atoms with Gasteiger partial charge in [0.05, 0.1) is 24.4 Å². The summed E-state index contributed by atoms with van der Waals surface area (Å²) in [5, 5.41) is 23.3. The summed E-state index contributed by atoms with van der Waals surface area (Å²) in [5.41, 5.74) is 0.607. The van der Waals surface area contributed by atoms with Crippen LogP contribution in [0.2, 0.25) is 0 Å². The Labute approximate surface area is 237 Å². The Hall–Kier alpha value is -0.650. The molecule has 6 aliphatic rings. The average molecular weight is 544 g/mol. The van der Waals surface area contributed by atoms with E-state index in [-0.39, 0.29) is 45.9 Å². The molecule has 1 aliphatic heterocycles. The lowest BCUT2D eigenvalue weighted by atomic mass is 9.41. The van der Waals surface area contributed by atoms with E-state index < -0.39 is 6.10 Å². The van der Waals surface area contributed by atoms with Crippen LogP contribution in [-0.4, -0.2) is 58.5 Å². The summed E-state index contributed by atoms with van der Waals surface area (Å²) in [6.45, 7) is 21.6. The predicted molar refractivity (Wildman–Crippen MR) is 154 cm³/mol. The van der Waals surface area contributed by atoms with Crippen molar-refractivity contribution in [3.05, 3.63) is 0 Å². The third kappa shape index (κ3) is 3.57. The van der Waals surface area contributed by atoms with E-state index in [2.05, 4.69) is 55.4 Å². The van der Waals surface area contributed by atoms with Gasteiger partial charge in [-0.1, -0.05) is 55.4 Å². The lowest BCUT2D eigenvalue weighted by Crippen LogP contribution is -2.59. The van der Waals surface area contributed by atoms with Gasteiger partial charge in [-0.2, -0.15) is 0 Å². The topological polar surface area (TPSA) is 70.0 Å². The standard InChI is InChI=1S/C34H57NO4/c1-20-16-22(17-35(21(2)36)19-29(3,4)5)39-27-26(20)31(8)14-15-34-18-33(34)13-12-25(37)30(6,7)23(33)10-11-24(34)32(31,9)28(27)38/h20,22-28,37-38H,10-19H2,1-9H3/t20-,22?,23+,24?,25?,26+,27?,28+,31-,32-,33-,34+/m1/s1. The van der Waals surface area contributed by atoms with Gasteiger partial charge in [0.15, 0.2) is 0 Å². The number of nitrogens with zero attached hydrogens (tertiary/aromatic N) is 1. The fourth-order valence-corrected chi connectivity index (χ4v) is 12.6. The van der Waals surface area contributed by atoms with Crippen LogP contribution in [0.3, 0.4) is 0 Å². The summed E-state index contributed by atoms with van der Waals surface area (Å²) in [6, 6.07) is 0. The van der Waals surface area contributed by atoms with E-state index in [1.165, 1.54) is 32.1 Å². The van der Waals surface area contributed by atoms with Crippen LogP contribution in [0, 0.1) is 56.2 Å². The van der Waals surface area contributed by atoms with Crippen LogP contribution in [0.25, 0.3) is 0 Å². The van der Waals surface area contributed by atoms with Crippen LogP contribution in [0.1, 0.15) is 114 Å². The Kier molecular flexibility index (Phi) is 6.18. The third-order valence-corrected chi connectivity index (χ3v) is 14.4. The Morgan fingerprint density at radius 1 is 0.974 bits per heavy atom. The zero-order valence-corrected chi connectivity index (χ0v) is 26.3. The Morgan fingerprint density at radius 3 is 2.26 bits per heavy atom. The fourth-order valence-electron chi connectivity index (χ4n) is 12.6. The minimum Gasteiger partial charge on any atom is -0.393 e. The molecule has 5 aliphatic carbocycles. The van der Waals surface area contributed by atoms with Gasteiger partial charge in [-0.25, -0.2) is 0 Å². The SMILES string of the molecule is CC(=O)N(CC1C[C@@H](C)[C@H]2C(O1)[C@H](O)[C@@]1(C)C3CC[C@H]4C(C)(C)C(O)CC[C@@]45C[C@@]35CC[C@]21C)CC(C)(C)C. The molecule has 6 fully saturated rings. The summed E-state index contributed by atoms with van der Waals surface area (Å²) in [5.74, 6) is 2.05. The number of hydrogen-bond acceptors (Lipinski definition) is 4. The molecule has 6 rings (SSSR count). The summed E-state index contributed by atoms with van der Waals surface area (Å²) in [4.78, 5) is 14.5. The molecule has 5 heteroatoms. The second-order valence-electron chi connectivity index (χ2n) is 17.6. The molecule has 0 radical (unpaired) electrons. The van der Waals surface area contributed by atoms with E-state index in [0.29, 0.717) is 41.0 Å². The molecular weight excluding hydrogens is 486 g/mol. The molecule has 1 amide bonds. The highest BCUT2D eigenvalue weighted by molar-refractivity contribution is 5.73. The van der Waals surface area contributed by atoms with Crippen LogP contribution in [0.4, 0.5) is 0 Å².